The third kappa shape index (κ3) is 4.30. The van der Waals surface area contributed by atoms with E-state index in [4.69, 9.17) is 11.6 Å². The Bertz CT molecular complexity index is 393. The predicted octanol–water partition coefficient (Wildman–Crippen LogP) is 3.60. The second-order valence-electron chi connectivity index (χ2n) is 4.31. The maximum atomic E-state index is 13.0. The van der Waals surface area contributed by atoms with Crippen molar-refractivity contribution in [3.8, 4) is 0 Å². The molecule has 1 aromatic rings. The summed E-state index contributed by atoms with van der Waals surface area (Å²) in [5.74, 6) is -0.310. The lowest BCUT2D eigenvalue weighted by molar-refractivity contribution is 0.0951. The second-order valence-corrected chi connectivity index (χ2v) is 4.87. The number of nitrogens with one attached hydrogen (secondary N) is 1. The zero-order valence-electron chi connectivity index (χ0n) is 10.7. The molecule has 1 aromatic carbocycles. The van der Waals surface area contributed by atoms with E-state index in [0.29, 0.717) is 18.0 Å². The molecule has 18 heavy (non-hydrogen) atoms. The Kier molecular flexibility index (Phi) is 6.13. The molecular weight excluding hydrogens is 253 g/mol. The number of carbonyl (C=O) groups is 1. The Hall–Kier alpha value is -1.09. The van der Waals surface area contributed by atoms with E-state index in [9.17, 15) is 9.18 Å². The first-order valence-electron chi connectivity index (χ1n) is 6.26. The molecule has 2 nitrogen and oxygen atoms in total. The standard InChI is InChI=1S/C14H19ClFNO/c1-3-10(4-2)13(15)9-17-14(18)11-6-5-7-12(16)8-11/h5-8,10,13H,3-4,9H2,1-2H3,(H,17,18). The van der Waals surface area contributed by atoms with Crippen molar-refractivity contribution in [2.24, 2.45) is 5.92 Å². The summed E-state index contributed by atoms with van der Waals surface area (Å²) < 4.78 is 13.0. The summed E-state index contributed by atoms with van der Waals surface area (Å²) in [6.07, 6.45) is 1.97. The van der Waals surface area contributed by atoms with E-state index in [1.54, 1.807) is 6.07 Å². The fraction of sp³-hybridized carbons (Fsp3) is 0.500. The minimum absolute atomic E-state index is 0.0856. The highest BCUT2D eigenvalue weighted by Gasteiger charge is 2.16. The SMILES string of the molecule is CCC(CC)C(Cl)CNC(=O)c1cccc(F)c1. The molecule has 1 amide bonds. The van der Waals surface area contributed by atoms with Gasteiger partial charge in [0.05, 0.1) is 5.38 Å². The Morgan fingerprint density at radius 2 is 2.06 bits per heavy atom. The van der Waals surface area contributed by atoms with Crippen LogP contribution in [0.1, 0.15) is 37.0 Å². The molecule has 0 spiro atoms. The molecule has 0 aliphatic rings. The van der Waals surface area contributed by atoms with Crippen LogP contribution in [0.15, 0.2) is 24.3 Å². The molecule has 0 fully saturated rings. The molecule has 1 atom stereocenters. The summed E-state index contributed by atoms with van der Waals surface area (Å²) in [4.78, 5) is 11.8. The van der Waals surface area contributed by atoms with Crippen LogP contribution in [-0.4, -0.2) is 17.8 Å². The fourth-order valence-electron chi connectivity index (χ4n) is 1.89. The van der Waals surface area contributed by atoms with Gasteiger partial charge in [0.15, 0.2) is 0 Å². The van der Waals surface area contributed by atoms with E-state index < -0.39 is 5.82 Å². The van der Waals surface area contributed by atoms with E-state index in [2.05, 4.69) is 19.2 Å². The molecule has 0 saturated heterocycles. The second kappa shape index (κ2) is 7.37. The number of amides is 1. The molecule has 0 aliphatic heterocycles. The lowest BCUT2D eigenvalue weighted by Gasteiger charge is -2.19. The summed E-state index contributed by atoms with van der Waals surface area (Å²) in [6.45, 7) is 4.57. The van der Waals surface area contributed by atoms with Crippen molar-refractivity contribution < 1.29 is 9.18 Å². The minimum atomic E-state index is -0.412. The first-order valence-corrected chi connectivity index (χ1v) is 6.69. The van der Waals surface area contributed by atoms with E-state index in [-0.39, 0.29) is 11.3 Å². The van der Waals surface area contributed by atoms with Gasteiger partial charge in [-0.3, -0.25) is 4.79 Å². The number of benzene rings is 1. The highest BCUT2D eigenvalue weighted by Crippen LogP contribution is 2.17. The van der Waals surface area contributed by atoms with Gasteiger partial charge in [-0.1, -0.05) is 32.8 Å². The Labute approximate surface area is 113 Å². The average Bonchev–Trinajstić information content (AvgIpc) is 2.37. The fourth-order valence-corrected chi connectivity index (χ4v) is 2.32. The van der Waals surface area contributed by atoms with Crippen molar-refractivity contribution >= 4 is 17.5 Å². The maximum absolute atomic E-state index is 13.0. The van der Waals surface area contributed by atoms with Crippen LogP contribution in [0.2, 0.25) is 0 Å². The third-order valence-electron chi connectivity index (χ3n) is 3.10. The molecule has 0 bridgehead atoms. The minimum Gasteiger partial charge on any atom is -0.351 e. The summed E-state index contributed by atoms with van der Waals surface area (Å²) >= 11 is 6.22. The van der Waals surface area contributed by atoms with Crippen LogP contribution in [0.5, 0.6) is 0 Å². The van der Waals surface area contributed by atoms with Gasteiger partial charge in [-0.15, -0.1) is 11.6 Å². The molecule has 1 N–H and O–H groups in total. The van der Waals surface area contributed by atoms with Crippen LogP contribution in [0.4, 0.5) is 4.39 Å². The van der Waals surface area contributed by atoms with Gasteiger partial charge in [-0.05, 0) is 24.1 Å². The van der Waals surface area contributed by atoms with Gasteiger partial charge in [0.25, 0.3) is 5.91 Å². The molecule has 1 rings (SSSR count). The van der Waals surface area contributed by atoms with Gasteiger partial charge in [0, 0.05) is 12.1 Å². The van der Waals surface area contributed by atoms with Crippen molar-refractivity contribution in [1.82, 2.24) is 5.32 Å². The molecule has 1 unspecified atom stereocenters. The smallest absolute Gasteiger partial charge is 0.251 e. The average molecular weight is 272 g/mol. The monoisotopic (exact) mass is 271 g/mol. The Morgan fingerprint density at radius 3 is 2.61 bits per heavy atom. The van der Waals surface area contributed by atoms with Crippen LogP contribution in [0.3, 0.4) is 0 Å². The lowest BCUT2D eigenvalue weighted by Crippen LogP contribution is -2.33. The Morgan fingerprint density at radius 1 is 1.39 bits per heavy atom. The van der Waals surface area contributed by atoms with Gasteiger partial charge in [-0.25, -0.2) is 4.39 Å². The Balaban J connectivity index is 2.51. The third-order valence-corrected chi connectivity index (χ3v) is 3.62. The number of hydrogen-bond donors (Lipinski definition) is 1. The van der Waals surface area contributed by atoms with E-state index in [0.717, 1.165) is 12.8 Å². The maximum Gasteiger partial charge on any atom is 0.251 e. The molecule has 0 heterocycles. The summed E-state index contributed by atoms with van der Waals surface area (Å²) in [6, 6.07) is 5.63. The quantitative estimate of drug-likeness (QED) is 0.787. The molecule has 0 aromatic heterocycles. The van der Waals surface area contributed by atoms with Gasteiger partial charge in [0.2, 0.25) is 0 Å². The molecule has 4 heteroatoms. The summed E-state index contributed by atoms with van der Waals surface area (Å²) in [5, 5.41) is 2.65. The molecule has 100 valence electrons. The zero-order valence-corrected chi connectivity index (χ0v) is 11.5. The predicted molar refractivity (Wildman–Crippen MR) is 72.4 cm³/mol. The number of hydrogen-bond acceptors (Lipinski definition) is 1. The van der Waals surface area contributed by atoms with Crippen LogP contribution >= 0.6 is 11.6 Å². The van der Waals surface area contributed by atoms with Crippen LogP contribution in [-0.2, 0) is 0 Å². The number of halogens is 2. The van der Waals surface area contributed by atoms with Gasteiger partial charge >= 0.3 is 0 Å². The molecule has 0 saturated carbocycles. The van der Waals surface area contributed by atoms with Crippen molar-refractivity contribution in [1.29, 1.82) is 0 Å². The molecular formula is C14H19ClFNO. The van der Waals surface area contributed by atoms with Crippen molar-refractivity contribution in [2.75, 3.05) is 6.54 Å². The first kappa shape index (κ1) is 15.0. The zero-order chi connectivity index (χ0) is 13.5. The summed E-state index contributed by atoms with van der Waals surface area (Å²) in [5.41, 5.74) is 0.323. The number of alkyl halides is 1. The van der Waals surface area contributed by atoms with Gasteiger partial charge in [-0.2, -0.15) is 0 Å². The van der Waals surface area contributed by atoms with Crippen molar-refractivity contribution in [2.45, 2.75) is 32.1 Å². The summed E-state index contributed by atoms with van der Waals surface area (Å²) in [7, 11) is 0. The van der Waals surface area contributed by atoms with Crippen LogP contribution in [0.25, 0.3) is 0 Å². The molecule has 0 aliphatic carbocycles. The molecule has 0 radical (unpaired) electrons. The topological polar surface area (TPSA) is 29.1 Å². The highest BCUT2D eigenvalue weighted by molar-refractivity contribution is 6.21. The van der Waals surface area contributed by atoms with Crippen molar-refractivity contribution in [3.05, 3.63) is 35.6 Å². The number of carbonyl (C=O) groups excluding carboxylic acids is 1. The van der Waals surface area contributed by atoms with E-state index >= 15 is 0 Å². The van der Waals surface area contributed by atoms with Crippen LogP contribution in [0, 0.1) is 11.7 Å². The van der Waals surface area contributed by atoms with E-state index in [1.165, 1.54) is 18.2 Å². The lowest BCUT2D eigenvalue weighted by atomic mass is 9.99. The number of rotatable bonds is 6. The van der Waals surface area contributed by atoms with Gasteiger partial charge in [0.1, 0.15) is 5.82 Å². The van der Waals surface area contributed by atoms with Gasteiger partial charge < -0.3 is 5.32 Å². The van der Waals surface area contributed by atoms with Crippen LogP contribution < -0.4 is 5.32 Å². The normalized spacial score (nSPS) is 12.5. The largest absolute Gasteiger partial charge is 0.351 e. The van der Waals surface area contributed by atoms with E-state index in [1.807, 2.05) is 0 Å². The highest BCUT2D eigenvalue weighted by atomic mass is 35.5. The first-order chi connectivity index (χ1) is 8.58. The van der Waals surface area contributed by atoms with Crippen molar-refractivity contribution in [3.63, 3.8) is 0 Å².